The summed E-state index contributed by atoms with van der Waals surface area (Å²) in [7, 11) is 1.37. The van der Waals surface area contributed by atoms with E-state index in [1.54, 1.807) is 0 Å². The Morgan fingerprint density at radius 1 is 1.64 bits per heavy atom. The lowest BCUT2D eigenvalue weighted by Crippen LogP contribution is -2.51. The number of nitrogens with zero attached hydrogens (tertiary/aromatic N) is 1. The maximum atomic E-state index is 11.5. The first-order valence-electron chi connectivity index (χ1n) is 4.47. The van der Waals surface area contributed by atoms with Crippen molar-refractivity contribution in [1.29, 1.82) is 0 Å². The highest BCUT2D eigenvalue weighted by Crippen LogP contribution is 2.42. The fraction of sp³-hybridized carbons (Fsp3) is 0.778. The molecule has 0 N–H and O–H groups in total. The van der Waals surface area contributed by atoms with E-state index in [-0.39, 0.29) is 29.0 Å². The van der Waals surface area contributed by atoms with Crippen LogP contribution in [0.4, 0.5) is 0 Å². The van der Waals surface area contributed by atoms with Gasteiger partial charge in [-0.25, -0.2) is 0 Å². The lowest BCUT2D eigenvalue weighted by molar-refractivity contribution is -0.145. The van der Waals surface area contributed by atoms with Crippen LogP contribution >= 0.6 is 28.6 Å². The Hall–Kier alpha value is -0.0900. The minimum atomic E-state index is -0.883. The van der Waals surface area contributed by atoms with Crippen LogP contribution in [-0.4, -0.2) is 30.2 Å². The highest BCUT2D eigenvalue weighted by Gasteiger charge is 2.51. The van der Waals surface area contributed by atoms with Gasteiger partial charge in [0.15, 0.2) is 4.87 Å². The van der Waals surface area contributed by atoms with Gasteiger partial charge in [0.1, 0.15) is 0 Å². The molecule has 0 aromatic carbocycles. The average molecular weight is 283 g/mol. The van der Waals surface area contributed by atoms with Crippen molar-refractivity contribution in [3.63, 3.8) is 0 Å². The molecule has 14 heavy (non-hydrogen) atoms. The Labute approximate surface area is 98.6 Å². The predicted octanol–water partition coefficient (Wildman–Crippen LogP) is 1.97. The van der Waals surface area contributed by atoms with Gasteiger partial charge in [0, 0.05) is 6.21 Å². The monoisotopic (exact) mass is 281 g/mol. The van der Waals surface area contributed by atoms with Gasteiger partial charge in [-0.3, -0.25) is 9.79 Å². The van der Waals surface area contributed by atoms with Crippen LogP contribution in [0, 0.1) is 5.92 Å². The summed E-state index contributed by atoms with van der Waals surface area (Å²) in [5, 5.41) is 0. The van der Waals surface area contributed by atoms with Crippen molar-refractivity contribution < 1.29 is 9.53 Å². The van der Waals surface area contributed by atoms with Crippen molar-refractivity contribution in [3.05, 3.63) is 0 Å². The van der Waals surface area contributed by atoms with Crippen LogP contribution in [0.3, 0.4) is 0 Å². The van der Waals surface area contributed by atoms with Gasteiger partial charge in [0.2, 0.25) is 0 Å². The molecule has 0 saturated heterocycles. The summed E-state index contributed by atoms with van der Waals surface area (Å²) >= 11 is 6.23. The second kappa shape index (κ2) is 4.19. The molecule has 3 unspecified atom stereocenters. The van der Waals surface area contributed by atoms with Crippen LogP contribution in [-0.2, 0) is 9.53 Å². The number of halogens is 2. The van der Waals surface area contributed by atoms with Gasteiger partial charge in [-0.2, -0.15) is 0 Å². The smallest absolute Gasteiger partial charge is 0.329 e. The van der Waals surface area contributed by atoms with Crippen molar-refractivity contribution in [2.45, 2.75) is 30.2 Å². The number of aliphatic imine (C=N–C) groups is 1. The zero-order chi connectivity index (χ0) is 9.47. The molecule has 1 fully saturated rings. The summed E-state index contributed by atoms with van der Waals surface area (Å²) in [5.41, 5.74) is 0. The summed E-state index contributed by atoms with van der Waals surface area (Å²) in [5.74, 6) is 0.0299. The first-order valence-corrected chi connectivity index (χ1v) is 4.85. The van der Waals surface area contributed by atoms with Crippen LogP contribution in [0.2, 0.25) is 0 Å². The molecular weight excluding hydrogens is 269 g/mol. The summed E-state index contributed by atoms with van der Waals surface area (Å²) in [6.07, 6.45) is 4.60. The minimum absolute atomic E-state index is 0. The van der Waals surface area contributed by atoms with E-state index in [9.17, 15) is 4.79 Å². The Morgan fingerprint density at radius 3 is 2.71 bits per heavy atom. The average Bonchev–Trinajstić information content (AvgIpc) is 2.18. The van der Waals surface area contributed by atoms with E-state index >= 15 is 0 Å². The molecule has 2 aliphatic heterocycles. The van der Waals surface area contributed by atoms with Crippen molar-refractivity contribution in [2.75, 3.05) is 7.11 Å². The van der Waals surface area contributed by atoms with E-state index in [1.807, 2.05) is 6.21 Å². The van der Waals surface area contributed by atoms with Crippen LogP contribution in [0.15, 0.2) is 4.99 Å². The Bertz CT molecular complexity index is 272. The Morgan fingerprint density at radius 2 is 2.36 bits per heavy atom. The molecule has 2 heterocycles. The predicted molar refractivity (Wildman–Crippen MR) is 60.5 cm³/mol. The van der Waals surface area contributed by atoms with Gasteiger partial charge in [-0.1, -0.05) is 0 Å². The molecule has 1 aliphatic carbocycles. The Kier molecular flexibility index (Phi) is 3.58. The number of rotatable bonds is 1. The van der Waals surface area contributed by atoms with Gasteiger partial charge in [0.05, 0.1) is 13.2 Å². The number of carbonyl (C=O) groups excluding carboxylic acids is 1. The quantitative estimate of drug-likeness (QED) is 0.545. The van der Waals surface area contributed by atoms with Crippen LogP contribution in [0.25, 0.3) is 0 Å². The van der Waals surface area contributed by atoms with Crippen LogP contribution in [0.1, 0.15) is 19.3 Å². The van der Waals surface area contributed by atoms with E-state index in [4.69, 9.17) is 16.3 Å². The number of carbonyl (C=O) groups is 1. The Balaban J connectivity index is 0.000000980. The molecule has 3 atom stereocenters. The van der Waals surface area contributed by atoms with Crippen molar-refractivity contribution in [3.8, 4) is 0 Å². The highest BCUT2D eigenvalue weighted by molar-refractivity contribution is 8.93. The summed E-state index contributed by atoms with van der Waals surface area (Å²) in [6, 6.07) is -0.0772. The third-order valence-electron chi connectivity index (χ3n) is 2.90. The number of esters is 1. The molecule has 0 aromatic heterocycles. The SMILES string of the molecule is Br.COC(=O)C1(Cl)CC2C=NC1CC2. The molecule has 3 rings (SSSR count). The van der Waals surface area contributed by atoms with Gasteiger partial charge in [0.25, 0.3) is 0 Å². The molecule has 5 heteroatoms. The fourth-order valence-corrected chi connectivity index (χ4v) is 2.60. The highest BCUT2D eigenvalue weighted by atomic mass is 79.9. The maximum Gasteiger partial charge on any atom is 0.329 e. The molecule has 3 aliphatic rings. The van der Waals surface area contributed by atoms with Gasteiger partial charge in [-0.05, 0) is 25.2 Å². The van der Waals surface area contributed by atoms with E-state index in [1.165, 1.54) is 7.11 Å². The number of ether oxygens (including phenoxy) is 1. The second-order valence-electron chi connectivity index (χ2n) is 3.71. The normalized spacial score (nSPS) is 39.0. The lowest BCUT2D eigenvalue weighted by Gasteiger charge is -2.41. The van der Waals surface area contributed by atoms with Crippen LogP contribution < -0.4 is 0 Å². The van der Waals surface area contributed by atoms with Gasteiger partial charge < -0.3 is 4.74 Å². The maximum absolute atomic E-state index is 11.5. The first-order chi connectivity index (χ1) is 6.16. The molecule has 80 valence electrons. The number of hydrogen-bond donors (Lipinski definition) is 0. The summed E-state index contributed by atoms with van der Waals surface area (Å²) in [4.78, 5) is 14.8. The van der Waals surface area contributed by atoms with E-state index in [0.717, 1.165) is 12.8 Å². The van der Waals surface area contributed by atoms with Crippen molar-refractivity contribution in [2.24, 2.45) is 10.9 Å². The largest absolute Gasteiger partial charge is 0.468 e. The molecule has 1 saturated carbocycles. The zero-order valence-corrected chi connectivity index (χ0v) is 10.4. The number of fused-ring (bicyclic) bond motifs is 2. The molecule has 0 aromatic rings. The topological polar surface area (TPSA) is 38.7 Å². The minimum Gasteiger partial charge on any atom is -0.468 e. The molecule has 3 nitrogen and oxygen atoms in total. The molecular formula is C9H13BrClNO2. The molecule has 0 spiro atoms. The van der Waals surface area contributed by atoms with Crippen molar-refractivity contribution >= 4 is 40.8 Å². The van der Waals surface area contributed by atoms with E-state index < -0.39 is 4.87 Å². The molecule has 0 amide bonds. The van der Waals surface area contributed by atoms with Crippen LogP contribution in [0.5, 0.6) is 0 Å². The summed E-state index contributed by atoms with van der Waals surface area (Å²) < 4.78 is 4.70. The first kappa shape index (κ1) is 12.0. The zero-order valence-electron chi connectivity index (χ0n) is 7.90. The summed E-state index contributed by atoms with van der Waals surface area (Å²) in [6.45, 7) is 0. The van der Waals surface area contributed by atoms with Gasteiger partial charge in [-0.15, -0.1) is 28.6 Å². The third-order valence-corrected chi connectivity index (χ3v) is 3.46. The molecule has 0 radical (unpaired) electrons. The number of alkyl halides is 1. The third kappa shape index (κ3) is 1.70. The number of hydrogen-bond acceptors (Lipinski definition) is 3. The fourth-order valence-electron chi connectivity index (χ4n) is 2.15. The van der Waals surface area contributed by atoms with E-state index in [0.29, 0.717) is 12.3 Å². The van der Waals surface area contributed by atoms with Crippen molar-refractivity contribution in [1.82, 2.24) is 0 Å². The van der Waals surface area contributed by atoms with E-state index in [2.05, 4.69) is 4.99 Å². The second-order valence-corrected chi connectivity index (χ2v) is 4.38. The number of methoxy groups -OCH3 is 1. The lowest BCUT2D eigenvalue weighted by atomic mass is 9.75. The van der Waals surface area contributed by atoms with Gasteiger partial charge >= 0.3 is 5.97 Å². The molecule has 2 bridgehead atoms. The standard InChI is InChI=1S/C9H12ClNO2.BrH/c1-13-8(12)9(10)4-6-2-3-7(9)11-5-6;/h5-7H,2-4H2,1H3;1H.